The molecule has 1 atom stereocenters. The number of benzene rings is 2. The number of nitrogens with zero attached hydrogens (tertiary/aromatic N) is 4. The van der Waals surface area contributed by atoms with Crippen molar-refractivity contribution in [3.05, 3.63) is 70.0 Å². The molecule has 35 heavy (non-hydrogen) atoms. The van der Waals surface area contributed by atoms with E-state index < -0.39 is 0 Å². The van der Waals surface area contributed by atoms with Gasteiger partial charge in [0.2, 0.25) is 11.8 Å². The Bertz CT molecular complexity index is 1190. The number of aryl methyl sites for hydroxylation is 1. The highest BCUT2D eigenvalue weighted by molar-refractivity contribution is 6.31. The maximum atomic E-state index is 13.3. The van der Waals surface area contributed by atoms with Crippen LogP contribution in [0.3, 0.4) is 0 Å². The third-order valence-electron chi connectivity index (χ3n) is 6.96. The number of carbonyl (C=O) groups excluding carboxylic acids is 1. The minimum atomic E-state index is 0.0288. The summed E-state index contributed by atoms with van der Waals surface area (Å²) in [5, 5.41) is 1.40. The fourth-order valence-corrected chi connectivity index (χ4v) is 5.42. The molecule has 2 aliphatic rings. The van der Waals surface area contributed by atoms with Crippen LogP contribution in [-0.2, 0) is 11.3 Å². The van der Waals surface area contributed by atoms with E-state index in [4.69, 9.17) is 32.6 Å². The highest BCUT2D eigenvalue weighted by Crippen LogP contribution is 2.27. The summed E-state index contributed by atoms with van der Waals surface area (Å²) < 4.78 is 5.94. The van der Waals surface area contributed by atoms with Gasteiger partial charge in [0.1, 0.15) is 5.76 Å². The van der Waals surface area contributed by atoms with Crippen LogP contribution in [0, 0.1) is 12.8 Å². The average molecular weight is 513 g/mol. The zero-order chi connectivity index (χ0) is 24.4. The summed E-state index contributed by atoms with van der Waals surface area (Å²) in [4.78, 5) is 24.8. The molecule has 0 spiro atoms. The Balaban J connectivity index is 1.18. The Hall–Kier alpha value is -2.54. The number of hydrogen-bond acceptors (Lipinski definition) is 5. The Kier molecular flexibility index (Phi) is 7.32. The quantitative estimate of drug-likeness (QED) is 0.450. The SMILES string of the molecule is Cc1oc(-c2cccc(Cl)c2)nc1CN1CCCC(C(=O)N2CCN(c3cccc(Cl)c3)CC2)C1. The molecule has 2 saturated heterocycles. The Labute approximate surface area is 216 Å². The largest absolute Gasteiger partial charge is 0.441 e. The van der Waals surface area contributed by atoms with Crippen molar-refractivity contribution in [2.24, 2.45) is 5.92 Å². The number of amides is 1. The van der Waals surface area contributed by atoms with Gasteiger partial charge in [-0.05, 0) is 62.7 Å². The smallest absolute Gasteiger partial charge is 0.227 e. The summed E-state index contributed by atoms with van der Waals surface area (Å²) in [7, 11) is 0. The molecule has 0 saturated carbocycles. The molecule has 5 rings (SSSR count). The lowest BCUT2D eigenvalue weighted by Gasteiger charge is -2.39. The van der Waals surface area contributed by atoms with E-state index in [1.807, 2.05) is 54.3 Å². The van der Waals surface area contributed by atoms with Crippen molar-refractivity contribution in [1.82, 2.24) is 14.8 Å². The molecule has 0 N–H and O–H groups in total. The van der Waals surface area contributed by atoms with Gasteiger partial charge in [0.05, 0.1) is 11.6 Å². The van der Waals surface area contributed by atoms with Crippen molar-refractivity contribution in [1.29, 1.82) is 0 Å². The van der Waals surface area contributed by atoms with E-state index in [1.165, 1.54) is 0 Å². The number of hydrogen-bond donors (Lipinski definition) is 0. The molecule has 184 valence electrons. The number of carbonyl (C=O) groups is 1. The van der Waals surface area contributed by atoms with Gasteiger partial charge in [-0.2, -0.15) is 0 Å². The van der Waals surface area contributed by atoms with E-state index in [2.05, 4.69) is 15.9 Å². The number of aromatic nitrogens is 1. The molecule has 2 aliphatic heterocycles. The van der Waals surface area contributed by atoms with Crippen LogP contribution in [0.1, 0.15) is 24.3 Å². The molecule has 3 aromatic rings. The maximum absolute atomic E-state index is 13.3. The first-order valence-corrected chi connectivity index (χ1v) is 13.0. The minimum Gasteiger partial charge on any atom is -0.441 e. The van der Waals surface area contributed by atoms with Gasteiger partial charge >= 0.3 is 0 Å². The number of piperidine rings is 1. The van der Waals surface area contributed by atoms with Crippen LogP contribution >= 0.6 is 23.2 Å². The third kappa shape index (κ3) is 5.66. The first-order valence-electron chi connectivity index (χ1n) is 12.2. The lowest BCUT2D eigenvalue weighted by atomic mass is 9.96. The van der Waals surface area contributed by atoms with Crippen molar-refractivity contribution in [2.75, 3.05) is 44.2 Å². The van der Waals surface area contributed by atoms with Crippen LogP contribution in [0.2, 0.25) is 10.0 Å². The number of anilines is 1. The molecule has 1 amide bonds. The molecule has 0 aliphatic carbocycles. The van der Waals surface area contributed by atoms with Crippen molar-refractivity contribution < 1.29 is 9.21 Å². The molecule has 0 radical (unpaired) electrons. The first kappa shape index (κ1) is 24.2. The van der Waals surface area contributed by atoms with E-state index in [9.17, 15) is 4.79 Å². The molecule has 1 unspecified atom stereocenters. The predicted octanol–water partition coefficient (Wildman–Crippen LogP) is 5.52. The van der Waals surface area contributed by atoms with Crippen LogP contribution in [0.5, 0.6) is 0 Å². The molecule has 0 bridgehead atoms. The van der Waals surface area contributed by atoms with Gasteiger partial charge in [0.25, 0.3) is 0 Å². The fraction of sp³-hybridized carbons (Fsp3) is 0.407. The Morgan fingerprint density at radius 1 is 1.03 bits per heavy atom. The van der Waals surface area contributed by atoms with Gasteiger partial charge in [0.15, 0.2) is 0 Å². The molecule has 3 heterocycles. The van der Waals surface area contributed by atoms with E-state index in [0.29, 0.717) is 17.5 Å². The summed E-state index contributed by atoms with van der Waals surface area (Å²) >= 11 is 12.3. The number of oxazole rings is 1. The van der Waals surface area contributed by atoms with Gasteiger partial charge in [-0.25, -0.2) is 4.98 Å². The van der Waals surface area contributed by atoms with Gasteiger partial charge < -0.3 is 14.2 Å². The maximum Gasteiger partial charge on any atom is 0.227 e. The Morgan fingerprint density at radius 2 is 1.77 bits per heavy atom. The molecule has 8 heteroatoms. The molecular formula is C27H30Cl2N4O2. The van der Waals surface area contributed by atoms with Crippen molar-refractivity contribution >= 4 is 34.8 Å². The Morgan fingerprint density at radius 3 is 2.51 bits per heavy atom. The monoisotopic (exact) mass is 512 g/mol. The predicted molar refractivity (Wildman–Crippen MR) is 140 cm³/mol. The van der Waals surface area contributed by atoms with E-state index >= 15 is 0 Å². The lowest BCUT2D eigenvalue weighted by molar-refractivity contribution is -0.137. The second-order valence-electron chi connectivity index (χ2n) is 9.40. The molecule has 2 aromatic carbocycles. The van der Waals surface area contributed by atoms with Gasteiger partial charge in [-0.15, -0.1) is 0 Å². The summed E-state index contributed by atoms with van der Waals surface area (Å²) in [6.07, 6.45) is 1.95. The van der Waals surface area contributed by atoms with E-state index in [1.54, 1.807) is 0 Å². The summed E-state index contributed by atoms with van der Waals surface area (Å²) in [6, 6.07) is 15.5. The molecule has 6 nitrogen and oxygen atoms in total. The van der Waals surface area contributed by atoms with E-state index in [0.717, 1.165) is 79.8 Å². The van der Waals surface area contributed by atoms with Gasteiger partial charge in [0, 0.05) is 60.6 Å². The summed E-state index contributed by atoms with van der Waals surface area (Å²) in [5.74, 6) is 1.70. The zero-order valence-corrected chi connectivity index (χ0v) is 21.4. The van der Waals surface area contributed by atoms with Gasteiger partial charge in [-0.3, -0.25) is 9.69 Å². The number of halogens is 2. The van der Waals surface area contributed by atoms with Gasteiger partial charge in [-0.1, -0.05) is 35.3 Å². The third-order valence-corrected chi connectivity index (χ3v) is 7.43. The number of piperazine rings is 1. The highest BCUT2D eigenvalue weighted by atomic mass is 35.5. The number of rotatable bonds is 5. The van der Waals surface area contributed by atoms with Crippen LogP contribution in [0.15, 0.2) is 52.9 Å². The van der Waals surface area contributed by atoms with Crippen molar-refractivity contribution in [3.8, 4) is 11.5 Å². The lowest BCUT2D eigenvalue weighted by Crippen LogP contribution is -2.52. The first-order chi connectivity index (χ1) is 17.0. The summed E-state index contributed by atoms with van der Waals surface area (Å²) in [6.45, 7) is 7.49. The van der Waals surface area contributed by atoms with E-state index in [-0.39, 0.29) is 11.8 Å². The standard InChI is InChI=1S/C27H30Cl2N4O2/c1-19-25(30-26(35-19)20-5-2-7-22(28)15-20)18-31-10-4-6-21(17-31)27(34)33-13-11-32(12-14-33)24-9-3-8-23(29)16-24/h2-3,5,7-9,15-16,21H,4,6,10-14,17-18H2,1H3. The van der Waals surface area contributed by atoms with Crippen LogP contribution in [0.4, 0.5) is 5.69 Å². The second-order valence-corrected chi connectivity index (χ2v) is 10.3. The normalized spacial score (nSPS) is 19.2. The minimum absolute atomic E-state index is 0.0288. The highest BCUT2D eigenvalue weighted by Gasteiger charge is 2.31. The molecular weight excluding hydrogens is 483 g/mol. The fourth-order valence-electron chi connectivity index (χ4n) is 5.05. The number of likely N-dealkylation sites (tertiary alicyclic amines) is 1. The van der Waals surface area contributed by atoms with Crippen LogP contribution in [0.25, 0.3) is 11.5 Å². The molecule has 2 fully saturated rings. The summed E-state index contributed by atoms with van der Waals surface area (Å²) in [5.41, 5.74) is 2.91. The van der Waals surface area contributed by atoms with Crippen molar-refractivity contribution in [3.63, 3.8) is 0 Å². The van der Waals surface area contributed by atoms with Crippen LogP contribution < -0.4 is 4.90 Å². The zero-order valence-electron chi connectivity index (χ0n) is 19.9. The second kappa shape index (κ2) is 10.6. The average Bonchev–Trinajstić information content (AvgIpc) is 3.24. The topological polar surface area (TPSA) is 52.8 Å². The molecule has 1 aromatic heterocycles. The van der Waals surface area contributed by atoms with Crippen LogP contribution in [-0.4, -0.2) is 60.0 Å². The van der Waals surface area contributed by atoms with Crippen molar-refractivity contribution in [2.45, 2.75) is 26.3 Å².